The second kappa shape index (κ2) is 15.5. The molecule has 0 spiro atoms. The zero-order valence-electron chi connectivity index (χ0n) is 26.9. The zero-order chi connectivity index (χ0) is 35.1. The Kier molecular flexibility index (Phi) is 12.1. The second-order valence-corrected chi connectivity index (χ2v) is 12.0. The fraction of sp³-hybridized carbons (Fsp3) is 0.455. The first-order chi connectivity index (χ1) is 22.1. The van der Waals surface area contributed by atoms with Gasteiger partial charge in [0.05, 0.1) is 16.7 Å². The molecule has 6 atom stereocenters. The maximum atomic E-state index is 13.5. The van der Waals surface area contributed by atoms with Gasteiger partial charge in [-0.2, -0.15) is 0 Å². The summed E-state index contributed by atoms with van der Waals surface area (Å²) in [5.41, 5.74) is -1.48. The van der Waals surface area contributed by atoms with Crippen molar-refractivity contribution in [1.29, 1.82) is 0 Å². The van der Waals surface area contributed by atoms with Crippen molar-refractivity contribution < 1.29 is 57.9 Å². The summed E-state index contributed by atoms with van der Waals surface area (Å²) >= 11 is 0. The van der Waals surface area contributed by atoms with Crippen LogP contribution in [0.2, 0.25) is 0 Å². The molecule has 0 aliphatic carbocycles. The summed E-state index contributed by atoms with van der Waals surface area (Å²) in [5.74, 6) is -6.59. The molecule has 254 valence electrons. The van der Waals surface area contributed by atoms with Gasteiger partial charge in [-0.25, -0.2) is 14.4 Å². The molecule has 0 radical (unpaired) electrons. The number of benzene rings is 2. The lowest BCUT2D eigenvalue weighted by Gasteiger charge is -2.35. The van der Waals surface area contributed by atoms with Crippen molar-refractivity contribution in [3.8, 4) is 5.75 Å². The number of amides is 2. The van der Waals surface area contributed by atoms with E-state index in [4.69, 9.17) is 18.9 Å². The number of anilines is 1. The Morgan fingerprint density at radius 2 is 1.57 bits per heavy atom. The largest absolute Gasteiger partial charge is 0.505 e. The van der Waals surface area contributed by atoms with E-state index >= 15 is 0 Å². The summed E-state index contributed by atoms with van der Waals surface area (Å²) in [6.45, 7) is 8.38. The molecule has 4 N–H and O–H groups in total. The van der Waals surface area contributed by atoms with Crippen LogP contribution in [0.4, 0.5) is 5.69 Å². The van der Waals surface area contributed by atoms with Gasteiger partial charge in [0, 0.05) is 12.3 Å². The van der Waals surface area contributed by atoms with Crippen molar-refractivity contribution in [2.24, 2.45) is 11.3 Å². The summed E-state index contributed by atoms with van der Waals surface area (Å²) in [6.07, 6.45) is -7.26. The van der Waals surface area contributed by atoms with Crippen LogP contribution in [0.3, 0.4) is 0 Å². The van der Waals surface area contributed by atoms with Crippen LogP contribution in [-0.2, 0) is 49.3 Å². The van der Waals surface area contributed by atoms with Crippen molar-refractivity contribution >= 4 is 41.9 Å². The third kappa shape index (κ3) is 8.85. The van der Waals surface area contributed by atoms with Crippen molar-refractivity contribution in [2.45, 2.75) is 84.5 Å². The van der Waals surface area contributed by atoms with Crippen molar-refractivity contribution in [3.63, 3.8) is 0 Å². The quantitative estimate of drug-likeness (QED) is 0.146. The highest BCUT2D eigenvalue weighted by Crippen LogP contribution is 2.31. The summed E-state index contributed by atoms with van der Waals surface area (Å²) in [5, 5.41) is 26.5. The number of cyclic esters (lactones) is 4. The first-order valence-corrected chi connectivity index (χ1v) is 15.0. The first kappa shape index (κ1) is 36.5. The lowest BCUT2D eigenvalue weighted by Crippen LogP contribution is -2.52. The number of aromatic hydroxyl groups is 1. The number of rotatable bonds is 7. The maximum Gasteiger partial charge on any atom is 0.348 e. The van der Waals surface area contributed by atoms with Gasteiger partial charge >= 0.3 is 23.9 Å². The molecule has 6 unspecified atom stereocenters. The SMILES string of the molecule is CC1OC(=O)C(NC(=O)c2cccc(NC=O)c2O)C(C)OC(=O)C(C(C)C)OC(=O)C(C)(C)C(O)C(Cc2ccccc2)OC1=O. The van der Waals surface area contributed by atoms with Crippen molar-refractivity contribution in [1.82, 2.24) is 5.32 Å². The lowest BCUT2D eigenvalue weighted by molar-refractivity contribution is -0.189. The molecule has 0 saturated carbocycles. The van der Waals surface area contributed by atoms with Crippen LogP contribution >= 0.6 is 0 Å². The maximum absolute atomic E-state index is 13.5. The number of hydrogen-bond acceptors (Lipinski definition) is 12. The van der Waals surface area contributed by atoms with Gasteiger partial charge in [-0.05, 0) is 45.4 Å². The normalized spacial score (nSPS) is 25.6. The van der Waals surface area contributed by atoms with Crippen LogP contribution in [0.1, 0.15) is 57.5 Å². The van der Waals surface area contributed by atoms with E-state index in [1.807, 2.05) is 0 Å². The number of phenols is 1. The Bertz CT molecular complexity index is 1480. The highest BCUT2D eigenvalue weighted by molar-refractivity contribution is 6.01. The average molecular weight is 657 g/mol. The number of para-hydroxylation sites is 1. The van der Waals surface area contributed by atoms with Crippen LogP contribution in [0.5, 0.6) is 5.75 Å². The van der Waals surface area contributed by atoms with E-state index in [-0.39, 0.29) is 17.7 Å². The molecule has 0 aromatic heterocycles. The number of hydrogen-bond donors (Lipinski definition) is 4. The predicted octanol–water partition coefficient (Wildman–Crippen LogP) is 2.05. The molecule has 14 heteroatoms. The lowest BCUT2D eigenvalue weighted by atomic mass is 9.81. The molecule has 3 rings (SSSR count). The van der Waals surface area contributed by atoms with Gasteiger partial charge in [0.1, 0.15) is 18.3 Å². The van der Waals surface area contributed by atoms with E-state index in [1.54, 1.807) is 44.2 Å². The minimum absolute atomic E-state index is 0.0298. The Hall–Kier alpha value is -4.98. The number of carbonyl (C=O) groups excluding carboxylic acids is 6. The molecule has 1 aliphatic heterocycles. The third-order valence-electron chi connectivity index (χ3n) is 7.67. The van der Waals surface area contributed by atoms with Crippen LogP contribution in [0.25, 0.3) is 0 Å². The number of nitrogens with one attached hydrogen (secondary N) is 2. The molecule has 2 aromatic rings. The Morgan fingerprint density at radius 3 is 2.19 bits per heavy atom. The molecular weight excluding hydrogens is 616 g/mol. The van der Waals surface area contributed by atoms with Crippen molar-refractivity contribution in [3.05, 3.63) is 59.7 Å². The number of ether oxygens (including phenoxy) is 4. The van der Waals surface area contributed by atoms with Gasteiger partial charge < -0.3 is 39.8 Å². The third-order valence-corrected chi connectivity index (χ3v) is 7.67. The monoisotopic (exact) mass is 656 g/mol. The molecule has 0 bridgehead atoms. The van der Waals surface area contributed by atoms with Crippen LogP contribution < -0.4 is 10.6 Å². The van der Waals surface area contributed by atoms with Gasteiger partial charge in [-0.1, -0.05) is 50.2 Å². The molecule has 2 aromatic carbocycles. The summed E-state index contributed by atoms with van der Waals surface area (Å²) < 4.78 is 22.0. The van der Waals surface area contributed by atoms with E-state index in [0.29, 0.717) is 12.0 Å². The number of aliphatic hydroxyl groups excluding tert-OH is 1. The topological polar surface area (TPSA) is 204 Å². The predicted molar refractivity (Wildman–Crippen MR) is 165 cm³/mol. The van der Waals surface area contributed by atoms with E-state index in [1.165, 1.54) is 45.9 Å². The molecule has 14 nitrogen and oxygen atoms in total. The fourth-order valence-electron chi connectivity index (χ4n) is 4.73. The highest BCUT2D eigenvalue weighted by atomic mass is 16.6. The summed E-state index contributed by atoms with van der Waals surface area (Å²) in [7, 11) is 0. The van der Waals surface area contributed by atoms with Gasteiger partial charge in [-0.15, -0.1) is 0 Å². The average Bonchev–Trinajstić information content (AvgIpc) is 3.02. The molecule has 1 fully saturated rings. The zero-order valence-corrected chi connectivity index (χ0v) is 26.9. The van der Waals surface area contributed by atoms with Crippen LogP contribution in [0, 0.1) is 11.3 Å². The highest BCUT2D eigenvalue weighted by Gasteiger charge is 2.47. The smallest absolute Gasteiger partial charge is 0.348 e. The number of carbonyl (C=O) groups is 6. The van der Waals surface area contributed by atoms with E-state index < -0.39 is 83.4 Å². The molecule has 47 heavy (non-hydrogen) atoms. The van der Waals surface area contributed by atoms with E-state index in [2.05, 4.69) is 10.6 Å². The van der Waals surface area contributed by atoms with Crippen molar-refractivity contribution in [2.75, 3.05) is 5.32 Å². The summed E-state index contributed by atoms with van der Waals surface area (Å²) in [6, 6.07) is 10.9. The molecule has 2 amide bonds. The first-order valence-electron chi connectivity index (χ1n) is 15.0. The minimum Gasteiger partial charge on any atom is -0.505 e. The molecular formula is C33H40N2O12. The Morgan fingerprint density at radius 1 is 0.915 bits per heavy atom. The Labute approximate surface area is 271 Å². The fourth-order valence-corrected chi connectivity index (χ4v) is 4.73. The summed E-state index contributed by atoms with van der Waals surface area (Å²) in [4.78, 5) is 77.7. The van der Waals surface area contributed by atoms with Crippen LogP contribution in [-0.4, -0.2) is 83.0 Å². The standard InChI is InChI=1S/C33H40N2O12/c1-17(2)26-31(42)44-18(3)24(35-28(39)21-13-10-14-22(25(21)37)34-16-36)30(41)45-19(4)29(40)46-23(15-20-11-8-7-9-12-20)27(38)33(5,6)32(43)47-26/h7-14,16-19,23-24,26-27,37-38H,15H2,1-6H3,(H,34,36)(H,35,39). The van der Waals surface area contributed by atoms with E-state index in [9.17, 15) is 39.0 Å². The minimum atomic E-state index is -1.75. The molecule has 1 saturated heterocycles. The Balaban J connectivity index is 2.03. The second-order valence-electron chi connectivity index (χ2n) is 12.0. The molecule has 1 aliphatic rings. The van der Waals surface area contributed by atoms with Gasteiger partial charge in [0.25, 0.3) is 5.91 Å². The van der Waals surface area contributed by atoms with Gasteiger partial charge in [-0.3, -0.25) is 14.4 Å². The molecule has 1 heterocycles. The van der Waals surface area contributed by atoms with Gasteiger partial charge in [0.2, 0.25) is 12.5 Å². The van der Waals surface area contributed by atoms with E-state index in [0.717, 1.165) is 0 Å². The number of phenolic OH excluding ortho intramolecular Hbond substituents is 1. The van der Waals surface area contributed by atoms with Gasteiger partial charge in [0.15, 0.2) is 17.9 Å². The number of aliphatic hydroxyl groups is 1. The van der Waals surface area contributed by atoms with Crippen LogP contribution in [0.15, 0.2) is 48.5 Å². The number of esters is 4.